The van der Waals surface area contributed by atoms with Crippen LogP contribution in [-0.2, 0) is 0 Å². The zero-order valence-corrected chi connectivity index (χ0v) is 11.0. The van der Waals surface area contributed by atoms with Crippen molar-refractivity contribution in [2.75, 3.05) is 12.3 Å². The number of nitrogens with two attached hydrogens (primary N) is 1. The fourth-order valence-electron chi connectivity index (χ4n) is 1.22. The van der Waals surface area contributed by atoms with Gasteiger partial charge in [-0.3, -0.25) is 0 Å². The zero-order valence-electron chi connectivity index (χ0n) is 10.2. The van der Waals surface area contributed by atoms with E-state index in [4.69, 9.17) is 14.9 Å². The average molecular weight is 266 g/mol. The minimum absolute atomic E-state index is 0.401. The predicted octanol–water partition coefficient (Wildman–Crippen LogP) is 2.30. The monoisotopic (exact) mass is 266 g/mol. The minimum Gasteiger partial charge on any atom is -0.476 e. The summed E-state index contributed by atoms with van der Waals surface area (Å²) in [6, 6.07) is 0. The van der Waals surface area contributed by atoms with Crippen LogP contribution in [-0.4, -0.2) is 21.6 Å². The molecule has 0 spiro atoms. The molecule has 2 heterocycles. The molecule has 18 heavy (non-hydrogen) atoms. The highest BCUT2D eigenvalue weighted by atomic mass is 32.2. The average Bonchev–Trinajstić information content (AvgIpc) is 2.76. The fourth-order valence-corrected chi connectivity index (χ4v) is 1.97. The molecule has 0 radical (unpaired) electrons. The summed E-state index contributed by atoms with van der Waals surface area (Å²) in [5.74, 6) is 0.401. The van der Waals surface area contributed by atoms with Gasteiger partial charge in [-0.05, 0) is 25.1 Å². The van der Waals surface area contributed by atoms with Crippen molar-refractivity contribution < 1.29 is 9.15 Å². The third-order valence-corrected chi connectivity index (χ3v) is 2.92. The Bertz CT molecular complexity index is 530. The van der Waals surface area contributed by atoms with Crippen molar-refractivity contribution in [3.05, 3.63) is 18.3 Å². The van der Waals surface area contributed by atoms with Crippen LogP contribution in [0.3, 0.4) is 0 Å². The summed E-state index contributed by atoms with van der Waals surface area (Å²) in [4.78, 5) is 12.3. The second-order valence-corrected chi connectivity index (χ2v) is 4.54. The Balaban J connectivity index is 2.17. The van der Waals surface area contributed by atoms with E-state index in [0.29, 0.717) is 28.4 Å². The summed E-state index contributed by atoms with van der Waals surface area (Å²) < 4.78 is 10.7. The molecule has 0 amide bonds. The van der Waals surface area contributed by atoms with Gasteiger partial charge in [0.05, 0.1) is 12.3 Å². The standard InChI is InChI=1S/C11H14N4O2S/c1-3-4-16-9-8(12)10(14-6-13-9)18-11-15-7(2)5-17-11/h5-6H,3-4,12H2,1-2H3. The molecule has 2 rings (SSSR count). The van der Waals surface area contributed by atoms with Crippen molar-refractivity contribution in [1.29, 1.82) is 0 Å². The highest BCUT2D eigenvalue weighted by molar-refractivity contribution is 7.99. The van der Waals surface area contributed by atoms with Crippen LogP contribution >= 0.6 is 11.8 Å². The largest absolute Gasteiger partial charge is 0.476 e. The van der Waals surface area contributed by atoms with Crippen LogP contribution in [0, 0.1) is 6.92 Å². The van der Waals surface area contributed by atoms with Gasteiger partial charge in [-0.15, -0.1) is 0 Å². The smallest absolute Gasteiger partial charge is 0.262 e. The Morgan fingerprint density at radius 3 is 2.94 bits per heavy atom. The van der Waals surface area contributed by atoms with Crippen molar-refractivity contribution in [3.63, 3.8) is 0 Å². The lowest BCUT2D eigenvalue weighted by Crippen LogP contribution is -2.03. The van der Waals surface area contributed by atoms with Gasteiger partial charge in [0.15, 0.2) is 0 Å². The summed E-state index contributed by atoms with van der Waals surface area (Å²) in [5.41, 5.74) is 7.16. The van der Waals surface area contributed by atoms with E-state index in [1.165, 1.54) is 18.1 Å². The van der Waals surface area contributed by atoms with Crippen molar-refractivity contribution in [1.82, 2.24) is 15.0 Å². The summed E-state index contributed by atoms with van der Waals surface area (Å²) in [5, 5.41) is 1.08. The summed E-state index contributed by atoms with van der Waals surface area (Å²) in [7, 11) is 0. The normalized spacial score (nSPS) is 10.6. The molecule has 0 aliphatic carbocycles. The maximum Gasteiger partial charge on any atom is 0.262 e. The SMILES string of the molecule is CCCOc1ncnc(Sc2nc(C)co2)c1N. The van der Waals surface area contributed by atoms with E-state index in [1.807, 2.05) is 13.8 Å². The molecule has 2 aromatic rings. The van der Waals surface area contributed by atoms with E-state index < -0.39 is 0 Å². The van der Waals surface area contributed by atoms with Crippen LogP contribution < -0.4 is 10.5 Å². The molecule has 0 saturated heterocycles. The van der Waals surface area contributed by atoms with Crippen LogP contribution in [0.5, 0.6) is 5.88 Å². The molecule has 0 atom stereocenters. The van der Waals surface area contributed by atoms with Crippen LogP contribution in [0.2, 0.25) is 0 Å². The Hall–Kier alpha value is -1.76. The summed E-state index contributed by atoms with van der Waals surface area (Å²) in [6.45, 7) is 4.44. The first-order valence-electron chi connectivity index (χ1n) is 5.54. The number of oxazole rings is 1. The molecule has 2 N–H and O–H groups in total. The molecule has 0 aliphatic heterocycles. The van der Waals surface area contributed by atoms with E-state index in [-0.39, 0.29) is 0 Å². The van der Waals surface area contributed by atoms with Gasteiger partial charge in [0.1, 0.15) is 23.3 Å². The van der Waals surface area contributed by atoms with Crippen LogP contribution in [0.25, 0.3) is 0 Å². The number of aryl methyl sites for hydroxylation is 1. The van der Waals surface area contributed by atoms with Crippen molar-refractivity contribution in [3.8, 4) is 5.88 Å². The van der Waals surface area contributed by atoms with Gasteiger partial charge >= 0.3 is 0 Å². The van der Waals surface area contributed by atoms with Crippen LogP contribution in [0.1, 0.15) is 19.0 Å². The molecule has 0 unspecified atom stereocenters. The van der Waals surface area contributed by atoms with Gasteiger partial charge in [-0.2, -0.15) is 4.98 Å². The molecule has 2 aromatic heterocycles. The first kappa shape index (κ1) is 12.7. The number of hydrogen-bond acceptors (Lipinski definition) is 7. The van der Waals surface area contributed by atoms with Gasteiger partial charge in [0.2, 0.25) is 5.88 Å². The lowest BCUT2D eigenvalue weighted by Gasteiger charge is -2.07. The molecular weight excluding hydrogens is 252 g/mol. The quantitative estimate of drug-likeness (QED) is 0.831. The first-order valence-corrected chi connectivity index (χ1v) is 6.35. The number of anilines is 1. The number of ether oxygens (including phenoxy) is 1. The van der Waals surface area contributed by atoms with E-state index in [2.05, 4.69) is 15.0 Å². The minimum atomic E-state index is 0.401. The topological polar surface area (TPSA) is 87.1 Å². The van der Waals surface area contributed by atoms with Gasteiger partial charge in [-0.1, -0.05) is 6.92 Å². The highest BCUT2D eigenvalue weighted by Gasteiger charge is 2.13. The van der Waals surface area contributed by atoms with E-state index in [1.54, 1.807) is 6.26 Å². The summed E-state index contributed by atoms with van der Waals surface area (Å²) in [6.07, 6.45) is 3.89. The zero-order chi connectivity index (χ0) is 13.0. The highest BCUT2D eigenvalue weighted by Crippen LogP contribution is 2.33. The first-order chi connectivity index (χ1) is 8.70. The van der Waals surface area contributed by atoms with Gasteiger partial charge in [0, 0.05) is 0 Å². The maximum atomic E-state index is 5.94. The van der Waals surface area contributed by atoms with Gasteiger partial charge < -0.3 is 14.9 Å². The van der Waals surface area contributed by atoms with Crippen molar-refractivity contribution in [2.45, 2.75) is 30.5 Å². The molecule has 6 nitrogen and oxygen atoms in total. The van der Waals surface area contributed by atoms with Crippen molar-refractivity contribution >= 4 is 17.4 Å². The Kier molecular flexibility index (Phi) is 4.03. The molecule has 0 aromatic carbocycles. The Morgan fingerprint density at radius 2 is 2.28 bits per heavy atom. The number of hydrogen-bond donors (Lipinski definition) is 1. The number of nitrogens with zero attached hydrogens (tertiary/aromatic N) is 3. The molecule has 0 bridgehead atoms. The van der Waals surface area contributed by atoms with E-state index in [9.17, 15) is 0 Å². The van der Waals surface area contributed by atoms with Crippen LogP contribution in [0.4, 0.5) is 5.69 Å². The second kappa shape index (κ2) is 5.72. The number of rotatable bonds is 5. The van der Waals surface area contributed by atoms with Gasteiger partial charge in [-0.25, -0.2) is 9.97 Å². The fraction of sp³-hybridized carbons (Fsp3) is 0.364. The second-order valence-electron chi connectivity index (χ2n) is 3.60. The molecular formula is C11H14N4O2S. The Labute approximate surface area is 109 Å². The predicted molar refractivity (Wildman–Crippen MR) is 67.6 cm³/mol. The third-order valence-electron chi connectivity index (χ3n) is 2.04. The van der Waals surface area contributed by atoms with Gasteiger partial charge in [0.25, 0.3) is 5.22 Å². The number of aromatic nitrogens is 3. The third kappa shape index (κ3) is 2.92. The van der Waals surface area contributed by atoms with Crippen molar-refractivity contribution in [2.24, 2.45) is 0 Å². The summed E-state index contributed by atoms with van der Waals surface area (Å²) >= 11 is 1.25. The molecule has 7 heteroatoms. The van der Waals surface area contributed by atoms with E-state index in [0.717, 1.165) is 12.1 Å². The Morgan fingerprint density at radius 1 is 1.44 bits per heavy atom. The number of nitrogen functional groups attached to an aromatic ring is 1. The van der Waals surface area contributed by atoms with Crippen LogP contribution in [0.15, 0.2) is 27.3 Å². The molecule has 0 aliphatic rings. The van der Waals surface area contributed by atoms with E-state index >= 15 is 0 Å². The lowest BCUT2D eigenvalue weighted by molar-refractivity contribution is 0.305. The lowest BCUT2D eigenvalue weighted by atomic mass is 10.5. The molecule has 0 fully saturated rings. The molecule has 0 saturated carbocycles. The maximum absolute atomic E-state index is 5.94. The molecule has 96 valence electrons.